The lowest BCUT2D eigenvalue weighted by molar-refractivity contribution is 0.0600. The Labute approximate surface area is 120 Å². The third-order valence-corrected chi connectivity index (χ3v) is 3.51. The summed E-state index contributed by atoms with van der Waals surface area (Å²) in [5.41, 5.74) is 1.75. The van der Waals surface area contributed by atoms with Gasteiger partial charge in [-0.15, -0.1) is 0 Å². The van der Waals surface area contributed by atoms with Crippen LogP contribution in [0.15, 0.2) is 36.4 Å². The topological polar surface area (TPSA) is 41.6 Å². The lowest BCUT2D eigenvalue weighted by Crippen LogP contribution is -2.46. The van der Waals surface area contributed by atoms with Crippen molar-refractivity contribution in [2.45, 2.75) is 19.0 Å². The van der Waals surface area contributed by atoms with Crippen molar-refractivity contribution in [3.63, 3.8) is 0 Å². The van der Waals surface area contributed by atoms with E-state index in [0.29, 0.717) is 5.56 Å². The molecule has 4 nitrogen and oxygen atoms in total. The van der Waals surface area contributed by atoms with Crippen LogP contribution < -0.4 is 5.32 Å². The van der Waals surface area contributed by atoms with Crippen LogP contribution >= 0.6 is 0 Å². The molecule has 4 heteroatoms. The van der Waals surface area contributed by atoms with Crippen LogP contribution in [0.1, 0.15) is 22.8 Å². The number of likely N-dealkylation sites (N-methyl/N-ethyl adjacent to an activating group) is 1. The van der Waals surface area contributed by atoms with Crippen molar-refractivity contribution in [3.8, 4) is 0 Å². The van der Waals surface area contributed by atoms with Gasteiger partial charge in [0.15, 0.2) is 0 Å². The van der Waals surface area contributed by atoms with E-state index >= 15 is 0 Å². The van der Waals surface area contributed by atoms with Gasteiger partial charge >= 0.3 is 5.97 Å². The van der Waals surface area contributed by atoms with Crippen molar-refractivity contribution in [2.24, 2.45) is 0 Å². The smallest absolute Gasteiger partial charge is 0.337 e. The molecule has 0 fully saturated rings. The summed E-state index contributed by atoms with van der Waals surface area (Å²) in [6.45, 7) is 4.85. The second-order valence-corrected chi connectivity index (χ2v) is 5.56. The summed E-state index contributed by atoms with van der Waals surface area (Å²) in [7, 11) is 3.49. The molecule has 2 rings (SSSR count). The van der Waals surface area contributed by atoms with Crippen molar-refractivity contribution in [1.82, 2.24) is 10.2 Å². The number of hydrogen-bond acceptors (Lipinski definition) is 4. The summed E-state index contributed by atoms with van der Waals surface area (Å²) >= 11 is 0. The van der Waals surface area contributed by atoms with E-state index in [9.17, 15) is 4.79 Å². The first-order valence-corrected chi connectivity index (χ1v) is 6.81. The molecule has 0 aliphatic carbocycles. The van der Waals surface area contributed by atoms with Gasteiger partial charge in [-0.25, -0.2) is 4.79 Å². The highest BCUT2D eigenvalue weighted by Gasteiger charge is 2.24. The predicted molar refractivity (Wildman–Crippen MR) is 79.7 cm³/mol. The fourth-order valence-corrected chi connectivity index (χ4v) is 2.62. The van der Waals surface area contributed by atoms with E-state index in [1.54, 1.807) is 6.07 Å². The highest BCUT2D eigenvalue weighted by molar-refractivity contribution is 5.89. The molecule has 1 aliphatic rings. The number of ether oxygens (including phenoxy) is 1. The number of nitrogens with zero attached hydrogens (tertiary/aromatic N) is 1. The van der Waals surface area contributed by atoms with E-state index in [-0.39, 0.29) is 11.5 Å². The zero-order chi connectivity index (χ0) is 14.6. The monoisotopic (exact) mass is 274 g/mol. The van der Waals surface area contributed by atoms with Crippen molar-refractivity contribution in [1.29, 1.82) is 0 Å². The van der Waals surface area contributed by atoms with Crippen LogP contribution in [0.2, 0.25) is 0 Å². The van der Waals surface area contributed by atoms with E-state index in [0.717, 1.165) is 25.2 Å². The average molecular weight is 274 g/mol. The third kappa shape index (κ3) is 3.68. The Bertz CT molecular complexity index is 513. The summed E-state index contributed by atoms with van der Waals surface area (Å²) in [6.07, 6.45) is 4.38. The second kappa shape index (κ2) is 6.20. The van der Waals surface area contributed by atoms with Gasteiger partial charge < -0.3 is 10.1 Å². The van der Waals surface area contributed by atoms with E-state index in [1.807, 2.05) is 18.2 Å². The lowest BCUT2D eigenvalue weighted by Gasteiger charge is -2.29. The number of rotatable bonds is 5. The zero-order valence-corrected chi connectivity index (χ0v) is 12.3. The molecule has 0 saturated heterocycles. The maximum atomic E-state index is 11.5. The van der Waals surface area contributed by atoms with Crippen LogP contribution in [-0.4, -0.2) is 43.7 Å². The van der Waals surface area contributed by atoms with Crippen LogP contribution in [-0.2, 0) is 11.3 Å². The van der Waals surface area contributed by atoms with Crippen molar-refractivity contribution in [3.05, 3.63) is 47.5 Å². The van der Waals surface area contributed by atoms with Crippen LogP contribution in [0.4, 0.5) is 0 Å². The molecule has 0 saturated carbocycles. The molecule has 0 amide bonds. The van der Waals surface area contributed by atoms with Gasteiger partial charge in [0.05, 0.1) is 12.7 Å². The predicted octanol–water partition coefficient (Wildman–Crippen LogP) is 1.82. The van der Waals surface area contributed by atoms with Crippen LogP contribution in [0, 0.1) is 0 Å². The van der Waals surface area contributed by atoms with Gasteiger partial charge in [0.1, 0.15) is 0 Å². The van der Waals surface area contributed by atoms with Gasteiger partial charge in [0.2, 0.25) is 0 Å². The maximum Gasteiger partial charge on any atom is 0.337 e. The molecule has 20 heavy (non-hydrogen) atoms. The second-order valence-electron chi connectivity index (χ2n) is 5.56. The fourth-order valence-electron chi connectivity index (χ4n) is 2.62. The first-order chi connectivity index (χ1) is 9.52. The summed E-state index contributed by atoms with van der Waals surface area (Å²) in [5.74, 6) is -0.290. The Morgan fingerprint density at radius 2 is 2.30 bits per heavy atom. The van der Waals surface area contributed by atoms with Gasteiger partial charge in [-0.2, -0.15) is 0 Å². The summed E-state index contributed by atoms with van der Waals surface area (Å²) < 4.78 is 4.75. The van der Waals surface area contributed by atoms with Crippen LogP contribution in [0.3, 0.4) is 0 Å². The molecule has 0 radical (unpaired) electrons. The van der Waals surface area contributed by atoms with Crippen LogP contribution in [0.25, 0.3) is 0 Å². The standard InChI is InChI=1S/C16H22N2O2/c1-16(8-5-9-17-16)12-18(2)11-13-6-4-7-14(10-13)15(19)20-3/h4-8,10,17H,9,11-12H2,1-3H3. The molecule has 0 bridgehead atoms. The number of esters is 1. The Kier molecular flexibility index (Phi) is 4.57. The van der Waals surface area contributed by atoms with E-state index in [1.165, 1.54) is 7.11 Å². The molecule has 1 aliphatic heterocycles. The molecule has 1 atom stereocenters. The average Bonchev–Trinajstić information content (AvgIpc) is 2.84. The minimum absolute atomic E-state index is 0.0364. The Morgan fingerprint density at radius 1 is 1.50 bits per heavy atom. The Morgan fingerprint density at radius 3 is 2.95 bits per heavy atom. The first-order valence-electron chi connectivity index (χ1n) is 6.81. The van der Waals surface area contributed by atoms with Crippen LogP contribution in [0.5, 0.6) is 0 Å². The number of nitrogens with one attached hydrogen (secondary N) is 1. The van der Waals surface area contributed by atoms with Gasteiger partial charge in [-0.05, 0) is 31.7 Å². The quantitative estimate of drug-likeness (QED) is 0.657. The van der Waals surface area contributed by atoms with Gasteiger partial charge in [0, 0.05) is 25.2 Å². The molecule has 0 spiro atoms. The van der Waals surface area contributed by atoms with Gasteiger partial charge in [-0.1, -0.05) is 24.3 Å². The first kappa shape index (κ1) is 14.8. The minimum Gasteiger partial charge on any atom is -0.465 e. The van der Waals surface area contributed by atoms with Crippen molar-refractivity contribution >= 4 is 5.97 Å². The number of carbonyl (C=O) groups is 1. The summed E-state index contributed by atoms with van der Waals surface area (Å²) in [6, 6.07) is 7.59. The molecule has 1 aromatic carbocycles. The van der Waals surface area contributed by atoms with E-state index in [2.05, 4.69) is 36.3 Å². The van der Waals surface area contributed by atoms with E-state index in [4.69, 9.17) is 4.74 Å². The molecule has 1 heterocycles. The zero-order valence-electron chi connectivity index (χ0n) is 12.3. The largest absolute Gasteiger partial charge is 0.465 e. The van der Waals surface area contributed by atoms with Gasteiger partial charge in [0.25, 0.3) is 0 Å². The summed E-state index contributed by atoms with van der Waals surface area (Å²) in [5, 5.41) is 3.46. The molecule has 1 N–H and O–H groups in total. The van der Waals surface area contributed by atoms with Crippen molar-refractivity contribution in [2.75, 3.05) is 27.2 Å². The molecular weight excluding hydrogens is 252 g/mol. The number of methoxy groups -OCH3 is 1. The normalized spacial score (nSPS) is 21.4. The number of hydrogen-bond donors (Lipinski definition) is 1. The molecule has 108 valence electrons. The SMILES string of the molecule is COC(=O)c1cccc(CN(C)CC2(C)C=CCN2)c1. The fraction of sp³-hybridized carbons (Fsp3) is 0.438. The lowest BCUT2D eigenvalue weighted by atomic mass is 10.0. The molecule has 1 aromatic rings. The highest BCUT2D eigenvalue weighted by Crippen LogP contribution is 2.15. The summed E-state index contributed by atoms with van der Waals surface area (Å²) in [4.78, 5) is 13.8. The molecule has 1 unspecified atom stereocenters. The highest BCUT2D eigenvalue weighted by atomic mass is 16.5. The molecule has 0 aromatic heterocycles. The van der Waals surface area contributed by atoms with E-state index < -0.39 is 0 Å². The number of carbonyl (C=O) groups excluding carboxylic acids is 1. The number of benzene rings is 1. The maximum absolute atomic E-state index is 11.5. The third-order valence-electron chi connectivity index (χ3n) is 3.51. The molecular formula is C16H22N2O2. The Balaban J connectivity index is 1.99. The minimum atomic E-state index is -0.290. The Hall–Kier alpha value is -1.65. The van der Waals surface area contributed by atoms with Crippen molar-refractivity contribution < 1.29 is 9.53 Å². The van der Waals surface area contributed by atoms with Gasteiger partial charge in [-0.3, -0.25) is 4.90 Å².